The van der Waals surface area contributed by atoms with E-state index >= 15 is 0 Å². The largest absolute Gasteiger partial charge is 0.369 e. The normalized spacial score (nSPS) is 16.0. The Bertz CT molecular complexity index is 638. The molecule has 0 bridgehead atoms. The van der Waals surface area contributed by atoms with Gasteiger partial charge >= 0.3 is 0 Å². The Morgan fingerprint density at radius 1 is 0.909 bits per heavy atom. The molecule has 0 unspecified atom stereocenters. The van der Waals surface area contributed by atoms with E-state index in [9.17, 15) is 8.78 Å². The number of nitrogens with zero attached hydrogens (tertiary/aromatic N) is 2. The summed E-state index contributed by atoms with van der Waals surface area (Å²) in [5.74, 6) is -0.433. The molecule has 1 aliphatic rings. The maximum absolute atomic E-state index is 13.6. The molecule has 2 aromatic carbocycles. The molecule has 1 saturated heterocycles. The molecule has 0 aromatic heterocycles. The van der Waals surface area contributed by atoms with E-state index in [0.29, 0.717) is 4.47 Å². The van der Waals surface area contributed by atoms with Crippen LogP contribution in [0.4, 0.5) is 14.5 Å². The van der Waals surface area contributed by atoms with E-state index in [0.717, 1.165) is 44.0 Å². The van der Waals surface area contributed by atoms with Gasteiger partial charge in [0.15, 0.2) is 0 Å². The van der Waals surface area contributed by atoms with Crippen molar-refractivity contribution < 1.29 is 8.78 Å². The fourth-order valence-corrected chi connectivity index (χ4v) is 2.94. The molecule has 3 rings (SSSR count). The second kappa shape index (κ2) is 6.75. The number of piperazine rings is 1. The highest BCUT2D eigenvalue weighted by Crippen LogP contribution is 2.23. The predicted molar refractivity (Wildman–Crippen MR) is 88.0 cm³/mol. The Morgan fingerprint density at radius 3 is 2.23 bits per heavy atom. The third-order valence-electron chi connectivity index (χ3n) is 3.96. The van der Waals surface area contributed by atoms with Gasteiger partial charge in [0.05, 0.1) is 4.47 Å². The molecule has 0 aliphatic carbocycles. The summed E-state index contributed by atoms with van der Waals surface area (Å²) in [7, 11) is 0. The van der Waals surface area contributed by atoms with Crippen molar-refractivity contribution in [2.75, 3.05) is 31.1 Å². The Kier molecular flexibility index (Phi) is 4.74. The van der Waals surface area contributed by atoms with Gasteiger partial charge in [-0.15, -0.1) is 0 Å². The molecule has 1 heterocycles. The first-order valence-corrected chi connectivity index (χ1v) is 8.08. The van der Waals surface area contributed by atoms with E-state index in [1.165, 1.54) is 12.1 Å². The number of anilines is 1. The monoisotopic (exact) mass is 366 g/mol. The number of halogens is 3. The molecule has 2 aromatic rings. The molecule has 0 amide bonds. The average Bonchev–Trinajstić information content (AvgIpc) is 2.53. The van der Waals surface area contributed by atoms with Crippen molar-refractivity contribution in [2.45, 2.75) is 6.54 Å². The zero-order chi connectivity index (χ0) is 15.5. The lowest BCUT2D eigenvalue weighted by atomic mass is 10.2. The van der Waals surface area contributed by atoms with Gasteiger partial charge in [-0.2, -0.15) is 0 Å². The van der Waals surface area contributed by atoms with E-state index in [2.05, 4.69) is 25.7 Å². The Balaban J connectivity index is 1.57. The second-order valence-electron chi connectivity index (χ2n) is 5.49. The zero-order valence-electron chi connectivity index (χ0n) is 12.1. The van der Waals surface area contributed by atoms with E-state index in [-0.39, 0.29) is 11.6 Å². The van der Waals surface area contributed by atoms with Crippen molar-refractivity contribution in [3.63, 3.8) is 0 Å². The highest BCUT2D eigenvalue weighted by molar-refractivity contribution is 9.10. The minimum Gasteiger partial charge on any atom is -0.369 e. The molecule has 5 heteroatoms. The highest BCUT2D eigenvalue weighted by Gasteiger charge is 2.18. The Morgan fingerprint density at radius 2 is 1.59 bits per heavy atom. The molecule has 116 valence electrons. The van der Waals surface area contributed by atoms with Gasteiger partial charge < -0.3 is 4.90 Å². The lowest BCUT2D eigenvalue weighted by molar-refractivity contribution is 0.249. The van der Waals surface area contributed by atoms with Gasteiger partial charge in [0.1, 0.15) is 11.6 Å². The summed E-state index contributed by atoms with van der Waals surface area (Å²) in [5, 5.41) is 0. The van der Waals surface area contributed by atoms with Crippen LogP contribution in [0.1, 0.15) is 5.56 Å². The van der Waals surface area contributed by atoms with Crippen LogP contribution in [0.25, 0.3) is 0 Å². The number of benzene rings is 2. The molecule has 0 atom stereocenters. The maximum atomic E-state index is 13.6. The summed E-state index contributed by atoms with van der Waals surface area (Å²) in [6.07, 6.45) is 0. The van der Waals surface area contributed by atoms with Crippen molar-refractivity contribution in [3.8, 4) is 0 Å². The standard InChI is InChI=1S/C17H17BrF2N2/c18-16-6-5-15(11-17(16)20)22-9-7-21(8-10-22)12-13-1-3-14(19)4-2-13/h1-6,11H,7-10,12H2. The van der Waals surface area contributed by atoms with E-state index in [1.54, 1.807) is 12.1 Å². The topological polar surface area (TPSA) is 6.48 Å². The van der Waals surface area contributed by atoms with Crippen molar-refractivity contribution in [1.29, 1.82) is 0 Å². The summed E-state index contributed by atoms with van der Waals surface area (Å²) in [5.41, 5.74) is 2.03. The molecular formula is C17H17BrF2N2. The quantitative estimate of drug-likeness (QED) is 0.808. The minimum absolute atomic E-state index is 0.203. The van der Waals surface area contributed by atoms with Crippen LogP contribution in [-0.2, 0) is 6.54 Å². The SMILES string of the molecule is Fc1ccc(CN2CCN(c3ccc(Br)c(F)c3)CC2)cc1. The summed E-state index contributed by atoms with van der Waals surface area (Å²) in [6.45, 7) is 4.37. The van der Waals surface area contributed by atoms with Gasteiger partial charge in [0, 0.05) is 38.4 Å². The molecule has 0 spiro atoms. The van der Waals surface area contributed by atoms with E-state index in [4.69, 9.17) is 0 Å². The fraction of sp³-hybridized carbons (Fsp3) is 0.294. The summed E-state index contributed by atoms with van der Waals surface area (Å²) in [6, 6.07) is 11.9. The Labute approximate surface area is 137 Å². The third kappa shape index (κ3) is 3.65. The minimum atomic E-state index is -0.230. The molecule has 1 aliphatic heterocycles. The van der Waals surface area contributed by atoms with Gasteiger partial charge in [-0.05, 0) is 51.8 Å². The van der Waals surface area contributed by atoms with Crippen LogP contribution >= 0.6 is 15.9 Å². The number of rotatable bonds is 3. The third-order valence-corrected chi connectivity index (χ3v) is 4.60. The van der Waals surface area contributed by atoms with Gasteiger partial charge in [-0.25, -0.2) is 8.78 Å². The van der Waals surface area contributed by atoms with Crippen molar-refractivity contribution >= 4 is 21.6 Å². The first-order valence-electron chi connectivity index (χ1n) is 7.28. The van der Waals surface area contributed by atoms with Crippen LogP contribution in [0, 0.1) is 11.6 Å². The smallest absolute Gasteiger partial charge is 0.139 e. The van der Waals surface area contributed by atoms with Gasteiger partial charge in [0.2, 0.25) is 0 Å². The summed E-state index contributed by atoms with van der Waals surface area (Å²) >= 11 is 3.18. The summed E-state index contributed by atoms with van der Waals surface area (Å²) in [4.78, 5) is 4.52. The molecule has 0 radical (unpaired) electrons. The second-order valence-corrected chi connectivity index (χ2v) is 6.34. The lowest BCUT2D eigenvalue weighted by Crippen LogP contribution is -2.46. The highest BCUT2D eigenvalue weighted by atomic mass is 79.9. The number of hydrogen-bond donors (Lipinski definition) is 0. The first-order chi connectivity index (χ1) is 10.6. The van der Waals surface area contributed by atoms with Crippen molar-refractivity contribution in [3.05, 3.63) is 64.1 Å². The number of hydrogen-bond acceptors (Lipinski definition) is 2. The van der Waals surface area contributed by atoms with Gasteiger partial charge in [-0.1, -0.05) is 12.1 Å². The average molecular weight is 367 g/mol. The molecule has 0 saturated carbocycles. The van der Waals surface area contributed by atoms with Crippen molar-refractivity contribution in [2.24, 2.45) is 0 Å². The first kappa shape index (κ1) is 15.4. The summed E-state index contributed by atoms with van der Waals surface area (Å²) < 4.78 is 27.0. The lowest BCUT2D eigenvalue weighted by Gasteiger charge is -2.36. The van der Waals surface area contributed by atoms with Gasteiger partial charge in [0.25, 0.3) is 0 Å². The predicted octanol–water partition coefficient (Wildman–Crippen LogP) is 4.05. The van der Waals surface area contributed by atoms with Crippen LogP contribution in [-0.4, -0.2) is 31.1 Å². The Hall–Kier alpha value is -1.46. The molecule has 0 N–H and O–H groups in total. The maximum Gasteiger partial charge on any atom is 0.139 e. The molecule has 22 heavy (non-hydrogen) atoms. The molecular weight excluding hydrogens is 350 g/mol. The van der Waals surface area contributed by atoms with Crippen LogP contribution in [0.2, 0.25) is 0 Å². The van der Waals surface area contributed by atoms with Crippen LogP contribution in [0.5, 0.6) is 0 Å². The molecule has 2 nitrogen and oxygen atoms in total. The van der Waals surface area contributed by atoms with E-state index < -0.39 is 0 Å². The van der Waals surface area contributed by atoms with Gasteiger partial charge in [-0.3, -0.25) is 4.90 Å². The van der Waals surface area contributed by atoms with Crippen LogP contribution < -0.4 is 4.90 Å². The van der Waals surface area contributed by atoms with Crippen molar-refractivity contribution in [1.82, 2.24) is 4.90 Å². The fourth-order valence-electron chi connectivity index (χ4n) is 2.69. The van der Waals surface area contributed by atoms with Crippen LogP contribution in [0.3, 0.4) is 0 Å². The zero-order valence-corrected chi connectivity index (χ0v) is 13.7. The van der Waals surface area contributed by atoms with Crippen LogP contribution in [0.15, 0.2) is 46.9 Å². The molecule has 1 fully saturated rings. The van der Waals surface area contributed by atoms with E-state index in [1.807, 2.05) is 18.2 Å².